The molecule has 0 aliphatic carbocycles. The van der Waals surface area contributed by atoms with Crippen LogP contribution in [-0.2, 0) is 16.1 Å². The quantitative estimate of drug-likeness (QED) is 0.0658. The molecule has 2 aromatic carbocycles. The Labute approximate surface area is 314 Å². The third kappa shape index (κ3) is 13.3. The van der Waals surface area contributed by atoms with Crippen molar-refractivity contribution in [2.75, 3.05) is 92.7 Å². The first-order valence-electron chi connectivity index (χ1n) is 18.4. The molecular weight excluding hydrogens is 718 g/mol. The van der Waals surface area contributed by atoms with Crippen molar-refractivity contribution in [2.24, 2.45) is 26.2 Å². The van der Waals surface area contributed by atoms with Crippen LogP contribution in [0.25, 0.3) is 0 Å². The Kier molecular flexibility index (Phi) is 17.8. The molecule has 304 valence electrons. The van der Waals surface area contributed by atoms with E-state index in [0.29, 0.717) is 18.7 Å². The number of alkyl halides is 6. The first kappa shape index (κ1) is 45.3. The molecule has 2 atom stereocenters. The van der Waals surface area contributed by atoms with Crippen LogP contribution in [0.1, 0.15) is 61.2 Å². The van der Waals surface area contributed by atoms with Crippen molar-refractivity contribution in [3.8, 4) is 0 Å². The number of ether oxygens (including phenoxy) is 1. The van der Waals surface area contributed by atoms with Gasteiger partial charge in [0.1, 0.15) is 6.10 Å². The lowest BCUT2D eigenvalue weighted by molar-refractivity contribution is -0.166. The number of epoxide rings is 1. The smallest absolute Gasteiger partial charge is 0.387 e. The Bertz CT molecular complexity index is 1410. The number of rotatable bonds is 21. The zero-order chi connectivity index (χ0) is 39.8. The van der Waals surface area contributed by atoms with E-state index in [1.165, 1.54) is 49.4 Å². The number of hydrogen-bond donors (Lipinski definition) is 5. The number of aliphatic hydroxyl groups is 1. The van der Waals surface area contributed by atoms with Crippen LogP contribution in [0.2, 0.25) is 0 Å². The highest BCUT2D eigenvalue weighted by atomic mass is 19.4. The zero-order valence-corrected chi connectivity index (χ0v) is 31.6. The van der Waals surface area contributed by atoms with Crippen molar-refractivity contribution in [1.82, 2.24) is 25.8 Å². The molecule has 1 fully saturated rings. The second-order valence-electron chi connectivity index (χ2n) is 13.2. The summed E-state index contributed by atoms with van der Waals surface area (Å²) in [4.78, 5) is 4.72. The maximum absolute atomic E-state index is 13.0. The van der Waals surface area contributed by atoms with E-state index < -0.39 is 29.8 Å². The number of nitrogens with one attached hydrogen (secondary N) is 3. The highest BCUT2D eigenvalue weighted by Gasteiger charge is 2.66. The summed E-state index contributed by atoms with van der Waals surface area (Å²) in [6.45, 7) is 14.9. The van der Waals surface area contributed by atoms with E-state index in [2.05, 4.69) is 60.1 Å². The molecule has 0 aromatic heterocycles. The van der Waals surface area contributed by atoms with Gasteiger partial charge in [-0.2, -0.15) is 26.3 Å². The number of likely N-dealkylation sites (N-methyl/N-ethyl adjacent to an activating group) is 2. The molecule has 3 aliphatic heterocycles. The molecule has 0 radical (unpaired) electrons. The molecule has 3 aliphatic rings. The van der Waals surface area contributed by atoms with Crippen LogP contribution in [-0.4, -0.2) is 120 Å². The topological polar surface area (TPSA) is 151 Å². The monoisotopic (exact) mass is 774 g/mol. The highest BCUT2D eigenvalue weighted by Crippen LogP contribution is 2.53. The van der Waals surface area contributed by atoms with Crippen molar-refractivity contribution in [3.05, 3.63) is 70.8 Å². The summed E-state index contributed by atoms with van der Waals surface area (Å²) in [5.74, 6) is 0. The summed E-state index contributed by atoms with van der Waals surface area (Å²) < 4.78 is 81.9. The highest BCUT2D eigenvalue weighted by molar-refractivity contribution is 5.35. The molecule has 18 heteroatoms. The van der Waals surface area contributed by atoms with Gasteiger partial charge in [-0.15, -0.1) is 20.5 Å². The SMILES string of the molecule is CCCN(CCN)CCNC.CCCN(CCNC)CCNCC(O)c1ccc(C2(C(F)(F)F)N=N2)cc1.FC(F)(F)C1(c2ccc(C3CO3)cc2)N=N1. The number of hydrogen-bond acceptors (Lipinski definition) is 12. The first-order valence-corrected chi connectivity index (χ1v) is 18.4. The Morgan fingerprint density at radius 2 is 1.17 bits per heavy atom. The fraction of sp³-hybridized carbons (Fsp3) is 0.667. The van der Waals surface area contributed by atoms with E-state index in [1.54, 1.807) is 12.1 Å². The Hall–Kier alpha value is -3.10. The minimum absolute atomic E-state index is 0.0290. The molecule has 0 saturated carbocycles. The van der Waals surface area contributed by atoms with Gasteiger partial charge in [-0.3, -0.25) is 0 Å². The number of nitrogens with two attached hydrogens (primary N) is 1. The van der Waals surface area contributed by atoms with E-state index in [1.807, 2.05) is 14.1 Å². The van der Waals surface area contributed by atoms with Gasteiger partial charge in [-0.25, -0.2) is 0 Å². The first-order chi connectivity index (χ1) is 25.7. The van der Waals surface area contributed by atoms with Crippen LogP contribution >= 0.6 is 0 Å². The van der Waals surface area contributed by atoms with E-state index in [0.717, 1.165) is 70.9 Å². The molecule has 0 amide bonds. The van der Waals surface area contributed by atoms with E-state index >= 15 is 0 Å². The van der Waals surface area contributed by atoms with Gasteiger partial charge < -0.3 is 41.3 Å². The van der Waals surface area contributed by atoms with Crippen LogP contribution in [0, 0.1) is 0 Å². The van der Waals surface area contributed by atoms with Crippen molar-refractivity contribution in [2.45, 2.75) is 62.6 Å². The molecule has 0 spiro atoms. The third-order valence-corrected chi connectivity index (χ3v) is 8.93. The number of halogens is 6. The molecular formula is C36H56F6N10O2. The lowest BCUT2D eigenvalue weighted by Crippen LogP contribution is -2.37. The maximum atomic E-state index is 13.0. The third-order valence-electron chi connectivity index (χ3n) is 8.93. The fourth-order valence-electron chi connectivity index (χ4n) is 5.61. The van der Waals surface area contributed by atoms with Gasteiger partial charge in [0, 0.05) is 70.0 Å². The van der Waals surface area contributed by atoms with Gasteiger partial charge in [0.2, 0.25) is 0 Å². The number of aliphatic hydroxyl groups excluding tert-OH is 1. The fourth-order valence-corrected chi connectivity index (χ4v) is 5.61. The van der Waals surface area contributed by atoms with Crippen molar-refractivity contribution in [3.63, 3.8) is 0 Å². The second-order valence-corrected chi connectivity index (χ2v) is 13.2. The molecule has 2 aromatic rings. The molecule has 2 unspecified atom stereocenters. The predicted molar refractivity (Wildman–Crippen MR) is 195 cm³/mol. The Morgan fingerprint density at radius 3 is 1.54 bits per heavy atom. The Balaban J connectivity index is 0.000000244. The number of benzene rings is 2. The maximum Gasteiger partial charge on any atom is 0.442 e. The minimum Gasteiger partial charge on any atom is -0.387 e. The molecule has 6 N–H and O–H groups in total. The zero-order valence-electron chi connectivity index (χ0n) is 31.6. The summed E-state index contributed by atoms with van der Waals surface area (Å²) in [5.41, 5.74) is 2.23. The minimum atomic E-state index is -4.54. The van der Waals surface area contributed by atoms with Gasteiger partial charge in [-0.05, 0) is 51.2 Å². The lowest BCUT2D eigenvalue weighted by atomic mass is 9.99. The number of nitrogens with zero attached hydrogens (tertiary/aromatic N) is 6. The van der Waals surface area contributed by atoms with Gasteiger partial charge in [0.05, 0.1) is 12.7 Å². The Morgan fingerprint density at radius 1 is 0.741 bits per heavy atom. The molecule has 1 saturated heterocycles. The van der Waals surface area contributed by atoms with Crippen LogP contribution in [0.15, 0.2) is 69.0 Å². The van der Waals surface area contributed by atoms with Crippen LogP contribution in [0.5, 0.6) is 0 Å². The molecule has 0 bridgehead atoms. The van der Waals surface area contributed by atoms with Crippen LogP contribution in [0.4, 0.5) is 26.3 Å². The van der Waals surface area contributed by atoms with E-state index in [9.17, 15) is 31.4 Å². The lowest BCUT2D eigenvalue weighted by Gasteiger charge is -2.22. The summed E-state index contributed by atoms with van der Waals surface area (Å²) in [7, 11) is 3.90. The van der Waals surface area contributed by atoms with Gasteiger partial charge in [0.25, 0.3) is 0 Å². The second kappa shape index (κ2) is 21.3. The van der Waals surface area contributed by atoms with Gasteiger partial charge in [0.15, 0.2) is 0 Å². The van der Waals surface area contributed by atoms with E-state index in [-0.39, 0.29) is 17.2 Å². The largest absolute Gasteiger partial charge is 0.442 e. The summed E-state index contributed by atoms with van der Waals surface area (Å²) in [5, 5.41) is 32.3. The van der Waals surface area contributed by atoms with Crippen molar-refractivity contribution in [1.29, 1.82) is 0 Å². The van der Waals surface area contributed by atoms with Crippen molar-refractivity contribution < 1.29 is 36.2 Å². The summed E-state index contributed by atoms with van der Waals surface area (Å²) in [6.07, 6.45) is -7.44. The van der Waals surface area contributed by atoms with Gasteiger partial charge >= 0.3 is 23.7 Å². The normalized spacial score (nSPS) is 18.1. The molecule has 12 nitrogen and oxygen atoms in total. The van der Waals surface area contributed by atoms with Crippen LogP contribution < -0.4 is 21.7 Å². The van der Waals surface area contributed by atoms with E-state index in [4.69, 9.17) is 10.5 Å². The van der Waals surface area contributed by atoms with Crippen molar-refractivity contribution >= 4 is 0 Å². The predicted octanol–water partition coefficient (Wildman–Crippen LogP) is 5.24. The average Bonchev–Trinajstić information content (AvgIpc) is 3.98. The molecule has 54 heavy (non-hydrogen) atoms. The standard InChI is InChI=1S/C18H28F3N5O.C10H7F3N2O.C8H21N3/c1-3-10-26(11-8-22-2)12-9-23-13-16(27)14-4-6-15(7-5-14)17(24-25-17)18(19,20)21;11-10(12,13)9(14-15-9)7-3-1-6(2-4-7)8-5-16-8;1-3-6-11(7-4-9)8-5-10-2/h4-7,16,22-23,27H,3,8-13H2,1-2H3;1-4,8H,5H2;10H,3-9H2,1-2H3. The molecule has 3 heterocycles. The van der Waals surface area contributed by atoms with Gasteiger partial charge in [-0.1, -0.05) is 62.4 Å². The summed E-state index contributed by atoms with van der Waals surface area (Å²) in [6, 6.07) is 11.7. The summed E-state index contributed by atoms with van der Waals surface area (Å²) >= 11 is 0. The average molecular weight is 775 g/mol. The van der Waals surface area contributed by atoms with Crippen LogP contribution in [0.3, 0.4) is 0 Å². The molecule has 5 rings (SSSR count).